The summed E-state index contributed by atoms with van der Waals surface area (Å²) in [5.41, 5.74) is 3.81. The number of nitrogens with one attached hydrogen (secondary N) is 3. The Bertz CT molecular complexity index is 1020. The van der Waals surface area contributed by atoms with Crippen molar-refractivity contribution in [3.05, 3.63) is 52.1 Å². The Balaban J connectivity index is 1.46. The number of hydrogen-bond acceptors (Lipinski definition) is 5. The van der Waals surface area contributed by atoms with Gasteiger partial charge in [0, 0.05) is 6.54 Å². The van der Waals surface area contributed by atoms with E-state index < -0.39 is 0 Å². The first-order chi connectivity index (χ1) is 13.3. The average Bonchev–Trinajstić information content (AvgIpc) is 3.26. The summed E-state index contributed by atoms with van der Waals surface area (Å²) in [6.45, 7) is 3.02. The van der Waals surface area contributed by atoms with Gasteiger partial charge in [-0.3, -0.25) is 4.57 Å². The summed E-state index contributed by atoms with van der Waals surface area (Å²) < 4.78 is 1.80. The van der Waals surface area contributed by atoms with Gasteiger partial charge in [-0.15, -0.1) is 0 Å². The fourth-order valence-corrected chi connectivity index (χ4v) is 4.41. The van der Waals surface area contributed by atoms with Gasteiger partial charge in [-0.25, -0.2) is 9.78 Å². The van der Waals surface area contributed by atoms with Crippen LogP contribution in [0.2, 0.25) is 0 Å². The molecule has 1 fully saturated rings. The Hall–Kier alpha value is -2.67. The summed E-state index contributed by atoms with van der Waals surface area (Å²) in [6.07, 6.45) is 5.97. The van der Waals surface area contributed by atoms with E-state index in [1.807, 2.05) is 6.07 Å². The van der Waals surface area contributed by atoms with Crippen molar-refractivity contribution in [3.8, 4) is 0 Å². The third-order valence-electron chi connectivity index (χ3n) is 5.88. The van der Waals surface area contributed by atoms with Gasteiger partial charge in [0.1, 0.15) is 5.52 Å². The molecule has 1 unspecified atom stereocenters. The molecule has 0 spiro atoms. The minimum Gasteiger partial charge on any atom is -0.354 e. The number of piperidine rings is 1. The van der Waals surface area contributed by atoms with Gasteiger partial charge < -0.3 is 15.6 Å². The lowest BCUT2D eigenvalue weighted by Gasteiger charge is -2.22. The fraction of sp³-hybridized carbons (Fsp3) is 0.450. The first kappa shape index (κ1) is 16.5. The van der Waals surface area contributed by atoms with Crippen molar-refractivity contribution in [1.82, 2.24) is 24.8 Å². The van der Waals surface area contributed by atoms with Crippen molar-refractivity contribution in [2.24, 2.45) is 5.92 Å². The fourth-order valence-electron chi connectivity index (χ4n) is 4.41. The van der Waals surface area contributed by atoms with Crippen molar-refractivity contribution in [3.63, 3.8) is 0 Å². The van der Waals surface area contributed by atoms with E-state index in [0.29, 0.717) is 23.0 Å². The number of fused-ring (bicyclic) bond motifs is 2. The van der Waals surface area contributed by atoms with Crippen LogP contribution in [0.1, 0.15) is 36.4 Å². The van der Waals surface area contributed by atoms with Crippen molar-refractivity contribution >= 4 is 17.1 Å². The Morgan fingerprint density at radius 1 is 1.19 bits per heavy atom. The Kier molecular flexibility index (Phi) is 4.16. The van der Waals surface area contributed by atoms with Crippen LogP contribution in [-0.4, -0.2) is 39.2 Å². The molecule has 0 amide bonds. The number of rotatable bonds is 4. The van der Waals surface area contributed by atoms with Gasteiger partial charge in [0.15, 0.2) is 5.65 Å². The minimum absolute atomic E-state index is 0.0367. The number of imidazole rings is 1. The van der Waals surface area contributed by atoms with Gasteiger partial charge >= 0.3 is 5.69 Å². The number of H-pyrrole nitrogens is 1. The van der Waals surface area contributed by atoms with Crippen molar-refractivity contribution < 1.29 is 0 Å². The van der Waals surface area contributed by atoms with Crippen LogP contribution in [0.3, 0.4) is 0 Å². The lowest BCUT2D eigenvalue weighted by Crippen LogP contribution is -2.31. The molecule has 0 bridgehead atoms. The van der Waals surface area contributed by atoms with E-state index in [1.165, 1.54) is 24.0 Å². The SMILES string of the molecule is O=c1[nH]c2cnc(NCC3CCNCC3)nc2n1C1CCc2ccccc21. The average molecular weight is 364 g/mol. The molecule has 140 valence electrons. The first-order valence-electron chi connectivity index (χ1n) is 9.79. The van der Waals surface area contributed by atoms with E-state index >= 15 is 0 Å². The van der Waals surface area contributed by atoms with Gasteiger partial charge in [-0.1, -0.05) is 24.3 Å². The summed E-state index contributed by atoms with van der Waals surface area (Å²) in [4.78, 5) is 24.7. The highest BCUT2D eigenvalue weighted by Gasteiger charge is 2.27. The topological polar surface area (TPSA) is 87.6 Å². The van der Waals surface area contributed by atoms with Crippen molar-refractivity contribution in [2.45, 2.75) is 31.7 Å². The maximum atomic E-state index is 12.7. The second-order valence-corrected chi connectivity index (χ2v) is 7.56. The van der Waals surface area contributed by atoms with E-state index in [1.54, 1.807) is 10.8 Å². The third kappa shape index (κ3) is 3.02. The minimum atomic E-state index is -0.114. The second kappa shape index (κ2) is 6.81. The Morgan fingerprint density at radius 2 is 2.04 bits per heavy atom. The quantitative estimate of drug-likeness (QED) is 0.660. The summed E-state index contributed by atoms with van der Waals surface area (Å²) >= 11 is 0. The molecule has 3 aromatic rings. The lowest BCUT2D eigenvalue weighted by molar-refractivity contribution is 0.389. The van der Waals surface area contributed by atoms with Crippen LogP contribution in [-0.2, 0) is 6.42 Å². The van der Waals surface area contributed by atoms with Crippen molar-refractivity contribution in [2.75, 3.05) is 25.0 Å². The molecule has 3 N–H and O–H groups in total. The maximum Gasteiger partial charge on any atom is 0.328 e. The molecule has 1 aliphatic heterocycles. The predicted molar refractivity (Wildman–Crippen MR) is 105 cm³/mol. The van der Waals surface area contributed by atoms with Crippen LogP contribution in [0.5, 0.6) is 0 Å². The number of aryl methyl sites for hydroxylation is 1. The zero-order valence-corrected chi connectivity index (χ0v) is 15.2. The predicted octanol–water partition coefficient (Wildman–Crippen LogP) is 2.07. The first-order valence-corrected chi connectivity index (χ1v) is 9.79. The molecule has 7 heteroatoms. The monoisotopic (exact) mass is 364 g/mol. The highest BCUT2D eigenvalue weighted by atomic mass is 16.1. The van der Waals surface area contributed by atoms with Gasteiger partial charge in [-0.05, 0) is 55.8 Å². The van der Waals surface area contributed by atoms with Gasteiger partial charge in [-0.2, -0.15) is 4.98 Å². The molecule has 3 heterocycles. The lowest BCUT2D eigenvalue weighted by atomic mass is 9.98. The molecule has 1 atom stereocenters. The molecule has 2 aromatic heterocycles. The molecule has 7 nitrogen and oxygen atoms in total. The number of anilines is 1. The summed E-state index contributed by atoms with van der Waals surface area (Å²) in [5, 5.41) is 6.76. The summed E-state index contributed by atoms with van der Waals surface area (Å²) in [7, 11) is 0. The highest BCUT2D eigenvalue weighted by Crippen LogP contribution is 2.34. The highest BCUT2D eigenvalue weighted by molar-refractivity contribution is 5.71. The molecular formula is C20H24N6O. The number of aromatic amines is 1. The molecule has 1 saturated heterocycles. The Morgan fingerprint density at radius 3 is 2.93 bits per heavy atom. The number of benzene rings is 1. The van der Waals surface area contributed by atoms with E-state index in [9.17, 15) is 4.79 Å². The van der Waals surface area contributed by atoms with E-state index in [-0.39, 0.29) is 11.7 Å². The normalized spacial score (nSPS) is 20.1. The molecule has 1 aromatic carbocycles. The summed E-state index contributed by atoms with van der Waals surface area (Å²) in [5.74, 6) is 1.24. The van der Waals surface area contributed by atoms with Crippen LogP contribution in [0, 0.1) is 5.92 Å². The zero-order valence-electron chi connectivity index (χ0n) is 15.2. The number of aromatic nitrogens is 4. The molecule has 2 aliphatic rings. The van der Waals surface area contributed by atoms with Crippen molar-refractivity contribution in [1.29, 1.82) is 0 Å². The maximum absolute atomic E-state index is 12.7. The standard InChI is InChI=1S/C20H24N6O/c27-20-24-16-12-23-19(22-11-13-7-9-21-10-8-13)25-18(16)26(20)17-6-5-14-3-1-2-4-15(14)17/h1-4,12-13,17,21H,5-11H2,(H,24,27)(H,22,23,25). The number of hydrogen-bond donors (Lipinski definition) is 3. The molecular weight excluding hydrogens is 340 g/mol. The van der Waals surface area contributed by atoms with E-state index in [2.05, 4.69) is 38.8 Å². The van der Waals surface area contributed by atoms with Crippen LogP contribution < -0.4 is 16.3 Å². The Labute approximate surface area is 157 Å². The van der Waals surface area contributed by atoms with Gasteiger partial charge in [0.2, 0.25) is 5.95 Å². The second-order valence-electron chi connectivity index (χ2n) is 7.56. The van der Waals surface area contributed by atoms with E-state index in [0.717, 1.165) is 32.5 Å². The smallest absolute Gasteiger partial charge is 0.328 e. The molecule has 1 aliphatic carbocycles. The molecule has 5 rings (SSSR count). The van der Waals surface area contributed by atoms with Gasteiger partial charge in [0.05, 0.1) is 12.2 Å². The molecule has 0 saturated carbocycles. The van der Waals surface area contributed by atoms with Crippen LogP contribution in [0.4, 0.5) is 5.95 Å². The molecule has 0 radical (unpaired) electrons. The zero-order chi connectivity index (χ0) is 18.2. The number of nitrogens with zero attached hydrogens (tertiary/aromatic N) is 3. The van der Waals surface area contributed by atoms with Crippen LogP contribution in [0.15, 0.2) is 35.3 Å². The van der Waals surface area contributed by atoms with Crippen LogP contribution >= 0.6 is 0 Å². The molecule has 27 heavy (non-hydrogen) atoms. The van der Waals surface area contributed by atoms with Crippen LogP contribution in [0.25, 0.3) is 11.2 Å². The summed E-state index contributed by atoms with van der Waals surface area (Å²) in [6, 6.07) is 8.41. The van der Waals surface area contributed by atoms with Gasteiger partial charge in [0.25, 0.3) is 0 Å². The largest absolute Gasteiger partial charge is 0.354 e. The van der Waals surface area contributed by atoms with E-state index in [4.69, 9.17) is 4.98 Å². The third-order valence-corrected chi connectivity index (χ3v) is 5.88.